The first-order chi connectivity index (χ1) is 10.8. The second-order valence-electron chi connectivity index (χ2n) is 4.83. The second-order valence-corrected chi connectivity index (χ2v) is 4.83. The first-order valence-electron chi connectivity index (χ1n) is 7.55. The molecule has 0 saturated heterocycles. The summed E-state index contributed by atoms with van der Waals surface area (Å²) in [4.78, 5) is 0. The third-order valence-electron chi connectivity index (χ3n) is 2.79. The number of aliphatic hydroxyl groups is 1. The molecule has 0 amide bonds. The SMILES string of the molecule is C=C(/C=C\C(=C)C(=C)/C=C\C(=C)CC)CC.C=C/C=C\C(=C)O. The third kappa shape index (κ3) is 15.7. The summed E-state index contributed by atoms with van der Waals surface area (Å²) in [6.45, 7) is 26.5. The average molecular weight is 310 g/mol. The van der Waals surface area contributed by atoms with Crippen LogP contribution in [0.2, 0.25) is 0 Å². The summed E-state index contributed by atoms with van der Waals surface area (Å²) in [5, 5.41) is 8.35. The Hall–Kier alpha value is -2.54. The van der Waals surface area contributed by atoms with Crippen LogP contribution in [0.25, 0.3) is 0 Å². The monoisotopic (exact) mass is 310 g/mol. The molecule has 124 valence electrons. The lowest BCUT2D eigenvalue weighted by molar-refractivity contribution is 0.435. The number of hydrogen-bond acceptors (Lipinski definition) is 1. The van der Waals surface area contributed by atoms with Gasteiger partial charge < -0.3 is 5.11 Å². The number of aliphatic hydroxyl groups excluding tert-OH is 1. The standard InChI is InChI=1S/C16H22.C6H8O/c1-7-13(3)9-11-15(5)16(6)12-10-14(4)8-2;1-3-4-5-6(2)7/h9-12H,3-8H2,1-2H3;3-5,7H,1-2H2/b11-9-,12-10-;5-4-. The van der Waals surface area contributed by atoms with Gasteiger partial charge in [-0.2, -0.15) is 0 Å². The Bertz CT molecular complexity index is 500. The lowest BCUT2D eigenvalue weighted by Crippen LogP contribution is -1.80. The summed E-state index contributed by atoms with van der Waals surface area (Å²) in [5.74, 6) is 0.0555. The maximum absolute atomic E-state index is 8.35. The first kappa shape index (κ1) is 22.7. The minimum atomic E-state index is 0.0555. The fourth-order valence-electron chi connectivity index (χ4n) is 1.07. The topological polar surface area (TPSA) is 20.2 Å². The Labute approximate surface area is 142 Å². The number of hydrogen-bond donors (Lipinski definition) is 1. The van der Waals surface area contributed by atoms with E-state index in [-0.39, 0.29) is 5.76 Å². The maximum Gasteiger partial charge on any atom is 0.108 e. The van der Waals surface area contributed by atoms with Crippen LogP contribution >= 0.6 is 0 Å². The van der Waals surface area contributed by atoms with E-state index in [0.29, 0.717) is 0 Å². The Morgan fingerprint density at radius 2 is 1.13 bits per heavy atom. The average Bonchev–Trinajstić information content (AvgIpc) is 2.55. The van der Waals surface area contributed by atoms with Gasteiger partial charge in [0, 0.05) is 0 Å². The van der Waals surface area contributed by atoms with E-state index in [4.69, 9.17) is 5.11 Å². The molecule has 0 saturated carbocycles. The van der Waals surface area contributed by atoms with E-state index in [9.17, 15) is 0 Å². The van der Waals surface area contributed by atoms with Crippen LogP contribution in [0.1, 0.15) is 26.7 Å². The van der Waals surface area contributed by atoms with Gasteiger partial charge in [0.2, 0.25) is 0 Å². The molecular formula is C22H30O. The maximum atomic E-state index is 8.35. The van der Waals surface area contributed by atoms with Crippen LogP contribution in [0.4, 0.5) is 0 Å². The minimum absolute atomic E-state index is 0.0555. The van der Waals surface area contributed by atoms with E-state index in [1.807, 2.05) is 24.3 Å². The van der Waals surface area contributed by atoms with Crippen LogP contribution < -0.4 is 0 Å². The van der Waals surface area contributed by atoms with Gasteiger partial charge in [-0.15, -0.1) is 0 Å². The van der Waals surface area contributed by atoms with Crippen molar-refractivity contribution in [3.05, 3.63) is 110 Å². The van der Waals surface area contributed by atoms with Crippen LogP contribution in [0.5, 0.6) is 0 Å². The van der Waals surface area contributed by atoms with Gasteiger partial charge in [-0.25, -0.2) is 0 Å². The molecule has 1 nitrogen and oxygen atoms in total. The quantitative estimate of drug-likeness (QED) is 0.361. The van der Waals surface area contributed by atoms with Gasteiger partial charge in [0.15, 0.2) is 0 Å². The summed E-state index contributed by atoms with van der Waals surface area (Å²) in [5.41, 5.74) is 4.01. The fraction of sp³-hybridized carbons (Fsp3) is 0.182. The Morgan fingerprint density at radius 1 is 0.739 bits per heavy atom. The molecule has 1 N–H and O–H groups in total. The van der Waals surface area contributed by atoms with Crippen LogP contribution in [-0.2, 0) is 0 Å². The highest BCUT2D eigenvalue weighted by atomic mass is 16.3. The van der Waals surface area contributed by atoms with Crippen molar-refractivity contribution < 1.29 is 5.11 Å². The fourth-order valence-corrected chi connectivity index (χ4v) is 1.07. The van der Waals surface area contributed by atoms with Gasteiger partial charge in [-0.05, 0) is 30.1 Å². The molecule has 0 spiro atoms. The lowest BCUT2D eigenvalue weighted by atomic mass is 10.1. The summed E-state index contributed by atoms with van der Waals surface area (Å²) in [6.07, 6.45) is 14.4. The van der Waals surface area contributed by atoms with Crippen molar-refractivity contribution in [2.75, 3.05) is 0 Å². The van der Waals surface area contributed by atoms with E-state index < -0.39 is 0 Å². The van der Waals surface area contributed by atoms with Crippen molar-refractivity contribution in [2.45, 2.75) is 26.7 Å². The van der Waals surface area contributed by atoms with Crippen molar-refractivity contribution in [1.82, 2.24) is 0 Å². The molecule has 0 aliphatic carbocycles. The molecule has 0 aliphatic rings. The zero-order valence-electron chi connectivity index (χ0n) is 14.6. The predicted molar refractivity (Wildman–Crippen MR) is 107 cm³/mol. The third-order valence-corrected chi connectivity index (χ3v) is 2.79. The Kier molecular flexibility index (Phi) is 14.2. The van der Waals surface area contributed by atoms with Gasteiger partial charge in [0.1, 0.15) is 5.76 Å². The molecule has 0 radical (unpaired) electrons. The van der Waals surface area contributed by atoms with E-state index in [1.165, 1.54) is 6.08 Å². The molecule has 0 aromatic rings. The lowest BCUT2D eigenvalue weighted by Gasteiger charge is -2.00. The largest absolute Gasteiger partial charge is 0.509 e. The number of rotatable bonds is 9. The van der Waals surface area contributed by atoms with Crippen molar-refractivity contribution in [3.63, 3.8) is 0 Å². The van der Waals surface area contributed by atoms with Gasteiger partial charge in [0.25, 0.3) is 0 Å². The van der Waals surface area contributed by atoms with Crippen molar-refractivity contribution in [3.8, 4) is 0 Å². The molecule has 23 heavy (non-hydrogen) atoms. The van der Waals surface area contributed by atoms with E-state index in [2.05, 4.69) is 53.3 Å². The van der Waals surface area contributed by atoms with E-state index >= 15 is 0 Å². The first-order valence-corrected chi connectivity index (χ1v) is 7.55. The molecule has 0 fully saturated rings. The molecular weight excluding hydrogens is 280 g/mol. The molecule has 0 rings (SSSR count). The summed E-state index contributed by atoms with van der Waals surface area (Å²) < 4.78 is 0. The smallest absolute Gasteiger partial charge is 0.108 e. The summed E-state index contributed by atoms with van der Waals surface area (Å²) in [6, 6.07) is 0. The van der Waals surface area contributed by atoms with Gasteiger partial charge >= 0.3 is 0 Å². The molecule has 0 atom stereocenters. The van der Waals surface area contributed by atoms with Gasteiger partial charge in [-0.3, -0.25) is 0 Å². The van der Waals surface area contributed by atoms with Crippen molar-refractivity contribution in [2.24, 2.45) is 0 Å². The highest BCUT2D eigenvalue weighted by Gasteiger charge is 1.92. The minimum Gasteiger partial charge on any atom is -0.509 e. The van der Waals surface area contributed by atoms with Crippen LogP contribution in [0.15, 0.2) is 110 Å². The molecule has 0 heterocycles. The summed E-state index contributed by atoms with van der Waals surface area (Å²) in [7, 11) is 0. The zero-order valence-corrected chi connectivity index (χ0v) is 14.6. The highest BCUT2D eigenvalue weighted by molar-refractivity contribution is 5.45. The van der Waals surface area contributed by atoms with Crippen LogP contribution in [-0.4, -0.2) is 5.11 Å². The molecule has 0 aromatic carbocycles. The van der Waals surface area contributed by atoms with E-state index in [0.717, 1.165) is 35.1 Å². The normalized spacial score (nSPS) is 10.3. The summed E-state index contributed by atoms with van der Waals surface area (Å²) >= 11 is 0. The van der Waals surface area contributed by atoms with Crippen LogP contribution in [0, 0.1) is 0 Å². The molecule has 0 bridgehead atoms. The zero-order chi connectivity index (χ0) is 18.3. The van der Waals surface area contributed by atoms with Gasteiger partial charge in [-0.1, -0.05) is 101 Å². The Morgan fingerprint density at radius 3 is 1.35 bits per heavy atom. The predicted octanol–water partition coefficient (Wildman–Crippen LogP) is 6.94. The highest BCUT2D eigenvalue weighted by Crippen LogP contribution is 2.12. The van der Waals surface area contributed by atoms with Crippen molar-refractivity contribution in [1.29, 1.82) is 0 Å². The second kappa shape index (κ2) is 14.4. The molecule has 0 unspecified atom stereocenters. The Balaban J connectivity index is 0. The molecule has 0 aliphatic heterocycles. The molecule has 0 aromatic heterocycles. The van der Waals surface area contributed by atoms with E-state index in [1.54, 1.807) is 12.2 Å². The van der Waals surface area contributed by atoms with Crippen molar-refractivity contribution >= 4 is 0 Å². The molecule has 1 heteroatoms. The van der Waals surface area contributed by atoms with Crippen LogP contribution in [0.3, 0.4) is 0 Å². The van der Waals surface area contributed by atoms with Gasteiger partial charge in [0.05, 0.1) is 0 Å². The number of allylic oxidation sites excluding steroid dienone is 11.